The van der Waals surface area contributed by atoms with Crippen molar-refractivity contribution in [3.05, 3.63) is 71.8 Å². The van der Waals surface area contributed by atoms with Crippen LogP contribution in [-0.2, 0) is 12.8 Å². The minimum atomic E-state index is 0.668. The van der Waals surface area contributed by atoms with Crippen molar-refractivity contribution in [2.75, 3.05) is 13.2 Å². The molecular formula is C28H34O2. The summed E-state index contributed by atoms with van der Waals surface area (Å²) in [6.07, 6.45) is 12.2. The van der Waals surface area contributed by atoms with Gasteiger partial charge in [-0.25, -0.2) is 0 Å². The number of hydrogen-bond acceptors (Lipinski definition) is 2. The Kier molecular flexibility index (Phi) is 7.96. The molecule has 3 aromatic carbocycles. The van der Waals surface area contributed by atoms with Gasteiger partial charge in [-0.1, -0.05) is 62.4 Å². The molecule has 0 saturated carbocycles. The van der Waals surface area contributed by atoms with E-state index in [1.54, 1.807) is 0 Å². The molecule has 0 radical (unpaired) electrons. The van der Waals surface area contributed by atoms with E-state index in [0.29, 0.717) is 13.2 Å². The Morgan fingerprint density at radius 1 is 0.633 bits per heavy atom. The lowest BCUT2D eigenvalue weighted by Crippen LogP contribution is -2.02. The lowest BCUT2D eigenvalue weighted by Gasteiger charge is -2.19. The Bertz CT molecular complexity index is 979. The molecule has 0 N–H and O–H groups in total. The number of aryl methyl sites for hydroxylation is 2. The summed E-state index contributed by atoms with van der Waals surface area (Å²) >= 11 is 0. The maximum absolute atomic E-state index is 6.41. The average Bonchev–Trinajstić information content (AvgIpc) is 2.79. The number of ether oxygens (including phenoxy) is 2. The molecule has 0 aliphatic carbocycles. The summed E-state index contributed by atoms with van der Waals surface area (Å²) in [5.41, 5.74) is 2.62. The van der Waals surface area contributed by atoms with Crippen molar-refractivity contribution in [2.24, 2.45) is 0 Å². The molecule has 3 aromatic rings. The fourth-order valence-electron chi connectivity index (χ4n) is 3.79. The molecule has 2 nitrogen and oxygen atoms in total. The molecule has 0 amide bonds. The molecule has 0 atom stereocenters. The van der Waals surface area contributed by atoms with Gasteiger partial charge in [-0.2, -0.15) is 0 Å². The first kappa shape index (κ1) is 22.0. The summed E-state index contributed by atoms with van der Waals surface area (Å²) in [6.45, 7) is 9.82. The third-order valence-corrected chi connectivity index (χ3v) is 5.50. The molecule has 0 unspecified atom stereocenters. The van der Waals surface area contributed by atoms with Crippen LogP contribution in [0.4, 0.5) is 0 Å². The standard InChI is InChI=1S/C28H34O2/c1-5-9-11-17-29-27-23-15-13-21(7-3)19-25(23)28(30-18-12-10-6-2)26-20-22(8-4)14-16-24(26)27/h5-6,9-10,13-16,19-20H,7-8,11-12,17-18H2,1-4H3/b9-5+,10-6+. The van der Waals surface area contributed by atoms with E-state index in [1.165, 1.54) is 11.1 Å². The van der Waals surface area contributed by atoms with E-state index in [1.807, 2.05) is 13.8 Å². The van der Waals surface area contributed by atoms with Gasteiger partial charge < -0.3 is 9.47 Å². The summed E-state index contributed by atoms with van der Waals surface area (Å²) < 4.78 is 12.8. The van der Waals surface area contributed by atoms with Crippen LogP contribution in [0.15, 0.2) is 60.7 Å². The third-order valence-electron chi connectivity index (χ3n) is 5.50. The zero-order valence-corrected chi connectivity index (χ0v) is 18.8. The van der Waals surface area contributed by atoms with E-state index in [9.17, 15) is 0 Å². The molecule has 0 saturated heterocycles. The Labute approximate surface area is 181 Å². The van der Waals surface area contributed by atoms with Crippen LogP contribution in [0.2, 0.25) is 0 Å². The zero-order valence-electron chi connectivity index (χ0n) is 18.8. The van der Waals surface area contributed by atoms with Gasteiger partial charge in [0.05, 0.1) is 13.2 Å². The van der Waals surface area contributed by atoms with E-state index < -0.39 is 0 Å². The number of fused-ring (bicyclic) bond motifs is 2. The maximum Gasteiger partial charge on any atom is 0.135 e. The number of benzene rings is 3. The summed E-state index contributed by atoms with van der Waals surface area (Å²) in [7, 11) is 0. The highest BCUT2D eigenvalue weighted by molar-refractivity contribution is 6.11. The molecule has 0 spiro atoms. The van der Waals surface area contributed by atoms with Gasteiger partial charge in [0.2, 0.25) is 0 Å². The second-order valence-corrected chi connectivity index (χ2v) is 7.54. The molecule has 0 fully saturated rings. The highest BCUT2D eigenvalue weighted by Gasteiger charge is 2.17. The largest absolute Gasteiger partial charge is 0.492 e. The van der Waals surface area contributed by atoms with Crippen LogP contribution in [0.3, 0.4) is 0 Å². The molecular weight excluding hydrogens is 368 g/mol. The SMILES string of the molecule is C/C=C/CCOc1c2ccc(CC)cc2c(OCC/C=C/C)c2cc(CC)ccc12. The number of hydrogen-bond donors (Lipinski definition) is 0. The lowest BCUT2D eigenvalue weighted by atomic mass is 9.96. The monoisotopic (exact) mass is 402 g/mol. The zero-order chi connectivity index (χ0) is 21.3. The first-order valence-electron chi connectivity index (χ1n) is 11.2. The van der Waals surface area contributed by atoms with Crippen LogP contribution in [0.5, 0.6) is 11.5 Å². The van der Waals surface area contributed by atoms with Gasteiger partial charge in [-0.3, -0.25) is 0 Å². The Morgan fingerprint density at radius 2 is 1.07 bits per heavy atom. The Hall–Kier alpha value is -2.74. The van der Waals surface area contributed by atoms with Gasteiger partial charge in [0.1, 0.15) is 11.5 Å². The molecule has 3 rings (SSSR count). The van der Waals surface area contributed by atoms with Crippen LogP contribution < -0.4 is 9.47 Å². The van der Waals surface area contributed by atoms with Gasteiger partial charge in [0.25, 0.3) is 0 Å². The van der Waals surface area contributed by atoms with Crippen molar-refractivity contribution in [3.8, 4) is 11.5 Å². The topological polar surface area (TPSA) is 18.5 Å². The van der Waals surface area contributed by atoms with Crippen molar-refractivity contribution in [1.82, 2.24) is 0 Å². The van der Waals surface area contributed by atoms with Crippen LogP contribution in [-0.4, -0.2) is 13.2 Å². The molecule has 158 valence electrons. The second-order valence-electron chi connectivity index (χ2n) is 7.54. The first-order chi connectivity index (χ1) is 14.7. The van der Waals surface area contributed by atoms with Crippen molar-refractivity contribution in [2.45, 2.75) is 53.4 Å². The minimum Gasteiger partial charge on any atom is -0.492 e. The van der Waals surface area contributed by atoms with Crippen molar-refractivity contribution in [3.63, 3.8) is 0 Å². The predicted molar refractivity (Wildman–Crippen MR) is 130 cm³/mol. The molecule has 2 heteroatoms. The highest BCUT2D eigenvalue weighted by atomic mass is 16.5. The van der Waals surface area contributed by atoms with Crippen LogP contribution in [0.1, 0.15) is 51.7 Å². The van der Waals surface area contributed by atoms with Gasteiger partial charge in [0.15, 0.2) is 0 Å². The molecule has 0 aliphatic heterocycles. The fourth-order valence-corrected chi connectivity index (χ4v) is 3.79. The summed E-state index contributed by atoms with van der Waals surface area (Å²) in [5.74, 6) is 1.95. The van der Waals surface area contributed by atoms with Gasteiger partial charge >= 0.3 is 0 Å². The van der Waals surface area contributed by atoms with E-state index in [4.69, 9.17) is 9.47 Å². The molecule has 0 heterocycles. The third kappa shape index (κ3) is 4.87. The molecule has 0 aliphatic rings. The van der Waals surface area contributed by atoms with E-state index in [0.717, 1.165) is 58.7 Å². The number of allylic oxidation sites excluding steroid dienone is 2. The maximum atomic E-state index is 6.41. The Balaban J connectivity index is 2.22. The van der Waals surface area contributed by atoms with Crippen molar-refractivity contribution >= 4 is 21.5 Å². The van der Waals surface area contributed by atoms with Crippen molar-refractivity contribution < 1.29 is 9.47 Å². The second kappa shape index (κ2) is 10.9. The number of rotatable bonds is 10. The van der Waals surface area contributed by atoms with E-state index in [-0.39, 0.29) is 0 Å². The van der Waals surface area contributed by atoms with Crippen LogP contribution in [0.25, 0.3) is 21.5 Å². The van der Waals surface area contributed by atoms with E-state index in [2.05, 4.69) is 74.5 Å². The molecule has 0 bridgehead atoms. The normalized spacial score (nSPS) is 11.9. The van der Waals surface area contributed by atoms with E-state index >= 15 is 0 Å². The van der Waals surface area contributed by atoms with Gasteiger partial charge in [-0.15, -0.1) is 0 Å². The van der Waals surface area contributed by atoms with Crippen molar-refractivity contribution in [1.29, 1.82) is 0 Å². The summed E-state index contributed by atoms with van der Waals surface area (Å²) in [6, 6.07) is 13.4. The minimum absolute atomic E-state index is 0.668. The van der Waals surface area contributed by atoms with Gasteiger partial charge in [-0.05, 0) is 62.8 Å². The quantitative estimate of drug-likeness (QED) is 0.196. The van der Waals surface area contributed by atoms with Crippen LogP contribution >= 0.6 is 0 Å². The molecule has 30 heavy (non-hydrogen) atoms. The Morgan fingerprint density at radius 3 is 1.47 bits per heavy atom. The average molecular weight is 403 g/mol. The van der Waals surface area contributed by atoms with Gasteiger partial charge in [0, 0.05) is 21.5 Å². The lowest BCUT2D eigenvalue weighted by molar-refractivity contribution is 0.327. The highest BCUT2D eigenvalue weighted by Crippen LogP contribution is 2.43. The van der Waals surface area contributed by atoms with Crippen LogP contribution in [0, 0.1) is 0 Å². The molecule has 0 aromatic heterocycles. The summed E-state index contributed by atoms with van der Waals surface area (Å²) in [4.78, 5) is 0. The first-order valence-corrected chi connectivity index (χ1v) is 11.2. The summed E-state index contributed by atoms with van der Waals surface area (Å²) in [5, 5.41) is 4.56. The predicted octanol–water partition coefficient (Wildman–Crippen LogP) is 7.81. The fraction of sp³-hybridized carbons (Fsp3) is 0.357. The smallest absolute Gasteiger partial charge is 0.135 e.